The molecular weight excluding hydrogens is 530 g/mol. The average Bonchev–Trinajstić information content (AvgIpc) is 3.30. The van der Waals surface area contributed by atoms with Crippen LogP contribution in [0.2, 0.25) is 0 Å². The van der Waals surface area contributed by atoms with E-state index in [1.807, 2.05) is 48.5 Å². The van der Waals surface area contributed by atoms with Crippen LogP contribution in [0, 0.1) is 0 Å². The Labute approximate surface area is 232 Å². The predicted molar refractivity (Wildman–Crippen MR) is 148 cm³/mol. The summed E-state index contributed by atoms with van der Waals surface area (Å²) in [6.45, 7) is 0.0174. The maximum Gasteiger partial charge on any atom is 0.339 e. The Kier molecular flexibility index (Phi) is 7.42. The molecule has 4 aromatic rings. The SMILES string of the molecule is COC(=O)CC(N)(C(=O)OCC1c2ccccc2-c2ccccc21)c1ccc(OS(=O)(=O)c2ccccc2)cc1. The van der Waals surface area contributed by atoms with Gasteiger partial charge in [0.2, 0.25) is 0 Å². The summed E-state index contributed by atoms with van der Waals surface area (Å²) < 4.78 is 41.0. The third-order valence-electron chi connectivity index (χ3n) is 6.97. The number of hydrogen-bond donors (Lipinski definition) is 1. The molecule has 9 heteroatoms. The lowest BCUT2D eigenvalue weighted by molar-refractivity contribution is -0.156. The molecule has 0 bridgehead atoms. The number of carbonyl (C=O) groups is 2. The Morgan fingerprint density at radius 1 is 0.800 bits per heavy atom. The average molecular weight is 558 g/mol. The topological polar surface area (TPSA) is 122 Å². The van der Waals surface area contributed by atoms with Crippen molar-refractivity contribution in [1.29, 1.82) is 0 Å². The van der Waals surface area contributed by atoms with Crippen molar-refractivity contribution in [3.05, 3.63) is 120 Å². The second kappa shape index (κ2) is 11.0. The van der Waals surface area contributed by atoms with Gasteiger partial charge in [-0.2, -0.15) is 8.42 Å². The van der Waals surface area contributed by atoms with Crippen LogP contribution in [0.3, 0.4) is 0 Å². The zero-order valence-electron chi connectivity index (χ0n) is 21.6. The van der Waals surface area contributed by atoms with E-state index in [2.05, 4.69) is 0 Å². The maximum absolute atomic E-state index is 13.5. The van der Waals surface area contributed by atoms with E-state index >= 15 is 0 Å². The van der Waals surface area contributed by atoms with E-state index in [9.17, 15) is 18.0 Å². The fourth-order valence-corrected chi connectivity index (χ4v) is 5.84. The van der Waals surface area contributed by atoms with Crippen molar-refractivity contribution in [2.24, 2.45) is 5.73 Å². The van der Waals surface area contributed by atoms with Crippen molar-refractivity contribution >= 4 is 22.1 Å². The molecule has 204 valence electrons. The Hall–Kier alpha value is -4.47. The quantitative estimate of drug-likeness (QED) is 0.235. The summed E-state index contributed by atoms with van der Waals surface area (Å²) in [5, 5.41) is 0. The molecule has 0 spiro atoms. The van der Waals surface area contributed by atoms with Crippen molar-refractivity contribution in [3.63, 3.8) is 0 Å². The maximum atomic E-state index is 13.5. The zero-order valence-corrected chi connectivity index (χ0v) is 22.5. The van der Waals surface area contributed by atoms with Gasteiger partial charge in [0.05, 0.1) is 13.5 Å². The summed E-state index contributed by atoms with van der Waals surface area (Å²) in [5.74, 6) is -1.70. The van der Waals surface area contributed by atoms with Crippen LogP contribution in [0.15, 0.2) is 108 Å². The number of benzene rings is 4. The van der Waals surface area contributed by atoms with E-state index in [-0.39, 0.29) is 28.7 Å². The Bertz CT molecular complexity index is 1610. The number of rotatable bonds is 9. The molecule has 2 N–H and O–H groups in total. The van der Waals surface area contributed by atoms with E-state index < -0.39 is 34.0 Å². The van der Waals surface area contributed by atoms with Crippen LogP contribution >= 0.6 is 0 Å². The van der Waals surface area contributed by atoms with E-state index in [4.69, 9.17) is 19.4 Å². The number of esters is 2. The minimum absolute atomic E-state index is 0.00317. The summed E-state index contributed by atoms with van der Waals surface area (Å²) in [5.41, 5.74) is 9.12. The minimum atomic E-state index is -4.06. The molecule has 0 radical (unpaired) electrons. The number of fused-ring (bicyclic) bond motifs is 3. The number of methoxy groups -OCH3 is 1. The van der Waals surface area contributed by atoms with E-state index in [1.54, 1.807) is 18.2 Å². The molecule has 1 aliphatic carbocycles. The van der Waals surface area contributed by atoms with E-state index in [1.165, 1.54) is 43.5 Å². The first-order valence-corrected chi connectivity index (χ1v) is 13.9. The van der Waals surface area contributed by atoms with Gasteiger partial charge in [0.15, 0.2) is 5.54 Å². The zero-order chi connectivity index (χ0) is 28.3. The molecule has 5 rings (SSSR count). The number of ether oxygens (including phenoxy) is 2. The monoisotopic (exact) mass is 557 g/mol. The molecule has 1 unspecified atom stereocenters. The van der Waals surface area contributed by atoms with E-state index in [0.717, 1.165) is 22.3 Å². The molecule has 1 aliphatic rings. The number of nitrogens with two attached hydrogens (primary N) is 1. The number of hydrogen-bond acceptors (Lipinski definition) is 8. The van der Waals surface area contributed by atoms with Crippen LogP contribution in [-0.4, -0.2) is 34.1 Å². The molecule has 0 heterocycles. The van der Waals surface area contributed by atoms with Crippen molar-refractivity contribution in [2.45, 2.75) is 22.8 Å². The van der Waals surface area contributed by atoms with Crippen LogP contribution in [-0.2, 0) is 34.7 Å². The highest BCUT2D eigenvalue weighted by Gasteiger charge is 2.41. The normalized spacial score (nSPS) is 13.9. The van der Waals surface area contributed by atoms with Gasteiger partial charge in [0, 0.05) is 5.92 Å². The van der Waals surface area contributed by atoms with Gasteiger partial charge < -0.3 is 19.4 Å². The second-order valence-electron chi connectivity index (χ2n) is 9.42. The molecule has 0 amide bonds. The minimum Gasteiger partial charge on any atom is -0.469 e. The first-order valence-electron chi connectivity index (χ1n) is 12.5. The Balaban J connectivity index is 1.38. The van der Waals surface area contributed by atoms with Crippen LogP contribution in [0.5, 0.6) is 5.75 Å². The van der Waals surface area contributed by atoms with Crippen molar-refractivity contribution in [3.8, 4) is 16.9 Å². The lowest BCUT2D eigenvalue weighted by atomic mass is 9.87. The van der Waals surface area contributed by atoms with Crippen molar-refractivity contribution in [1.82, 2.24) is 0 Å². The highest BCUT2D eigenvalue weighted by molar-refractivity contribution is 7.87. The summed E-state index contributed by atoms with van der Waals surface area (Å²) in [4.78, 5) is 25.8. The molecule has 40 heavy (non-hydrogen) atoms. The van der Waals surface area contributed by atoms with Gasteiger partial charge in [-0.25, -0.2) is 4.79 Å². The van der Waals surface area contributed by atoms with Gasteiger partial charge >= 0.3 is 22.1 Å². The third-order valence-corrected chi connectivity index (χ3v) is 8.23. The second-order valence-corrected chi connectivity index (χ2v) is 11.0. The van der Waals surface area contributed by atoms with Crippen molar-refractivity contribution in [2.75, 3.05) is 13.7 Å². The molecular formula is C31H27NO7S. The summed E-state index contributed by atoms with van der Waals surface area (Å²) in [6.07, 6.45) is -0.483. The van der Waals surface area contributed by atoms with Gasteiger partial charge in [-0.05, 0) is 52.1 Å². The van der Waals surface area contributed by atoms with Crippen LogP contribution in [0.25, 0.3) is 11.1 Å². The van der Waals surface area contributed by atoms with Crippen LogP contribution < -0.4 is 9.92 Å². The number of carbonyl (C=O) groups excluding carboxylic acids is 2. The molecule has 0 aliphatic heterocycles. The summed E-state index contributed by atoms with van der Waals surface area (Å²) >= 11 is 0. The Morgan fingerprint density at radius 2 is 1.35 bits per heavy atom. The lowest BCUT2D eigenvalue weighted by Crippen LogP contribution is -2.48. The van der Waals surface area contributed by atoms with Gasteiger partial charge in [-0.3, -0.25) is 4.79 Å². The fourth-order valence-electron chi connectivity index (χ4n) is 4.89. The summed E-state index contributed by atoms with van der Waals surface area (Å²) in [7, 11) is -2.86. The fraction of sp³-hybridized carbons (Fsp3) is 0.161. The third kappa shape index (κ3) is 5.21. The van der Waals surface area contributed by atoms with Gasteiger partial charge in [-0.1, -0.05) is 78.9 Å². The smallest absolute Gasteiger partial charge is 0.339 e. The molecule has 4 aromatic carbocycles. The summed E-state index contributed by atoms with van der Waals surface area (Å²) in [6, 6.07) is 29.2. The lowest BCUT2D eigenvalue weighted by Gasteiger charge is -2.27. The molecule has 8 nitrogen and oxygen atoms in total. The highest BCUT2D eigenvalue weighted by Crippen LogP contribution is 2.44. The predicted octanol–water partition coefficient (Wildman–Crippen LogP) is 4.53. The first kappa shape index (κ1) is 27.1. The standard InChI is InChI=1S/C31H27NO7S/c1-37-29(33)19-31(32,21-15-17-22(18-16-21)39-40(35,36)23-9-3-2-4-10-23)30(34)38-20-28-26-13-7-5-11-24(26)25-12-6-8-14-27(25)28/h2-18,28H,19-20,32H2,1H3. The Morgan fingerprint density at radius 3 is 1.93 bits per heavy atom. The highest BCUT2D eigenvalue weighted by atomic mass is 32.2. The molecule has 0 saturated carbocycles. The largest absolute Gasteiger partial charge is 0.469 e. The van der Waals surface area contributed by atoms with Gasteiger partial charge in [-0.15, -0.1) is 0 Å². The molecule has 0 aromatic heterocycles. The van der Waals surface area contributed by atoms with Crippen LogP contribution in [0.1, 0.15) is 29.0 Å². The van der Waals surface area contributed by atoms with Crippen LogP contribution in [0.4, 0.5) is 0 Å². The first-order chi connectivity index (χ1) is 19.2. The van der Waals surface area contributed by atoms with Crippen molar-refractivity contribution < 1.29 is 31.7 Å². The van der Waals surface area contributed by atoms with E-state index in [0.29, 0.717) is 0 Å². The van der Waals surface area contributed by atoms with Gasteiger partial charge in [0.25, 0.3) is 0 Å². The molecule has 0 fully saturated rings. The van der Waals surface area contributed by atoms with Gasteiger partial charge in [0.1, 0.15) is 17.3 Å². The molecule has 0 saturated heterocycles. The molecule has 1 atom stereocenters.